The number of nitrogens with zero attached hydrogens (tertiary/aromatic N) is 2. The van der Waals surface area contributed by atoms with Crippen LogP contribution < -0.4 is 5.32 Å². The quantitative estimate of drug-likeness (QED) is 0.858. The number of anilines is 1. The molecule has 0 atom stereocenters. The summed E-state index contributed by atoms with van der Waals surface area (Å²) in [5, 5.41) is 2.01. The topological polar surface area (TPSA) is 64.1 Å². The van der Waals surface area contributed by atoms with Crippen molar-refractivity contribution in [3.63, 3.8) is 0 Å². The molecule has 1 heterocycles. The van der Waals surface area contributed by atoms with Crippen molar-refractivity contribution in [2.45, 2.75) is 6.18 Å². The summed E-state index contributed by atoms with van der Waals surface area (Å²) in [5.74, 6) is -0.0413. The molecular formula is C7H4Br2F3N3O2. The summed E-state index contributed by atoms with van der Waals surface area (Å²) < 4.78 is 39.7. The summed E-state index contributed by atoms with van der Waals surface area (Å²) in [7, 11) is 0. The van der Waals surface area contributed by atoms with Crippen molar-refractivity contribution in [3.8, 4) is 0 Å². The number of halogens is 5. The molecule has 0 fully saturated rings. The first-order chi connectivity index (χ1) is 7.78. The Labute approximate surface area is 110 Å². The molecule has 1 aromatic rings. The van der Waals surface area contributed by atoms with E-state index < -0.39 is 18.9 Å². The van der Waals surface area contributed by atoms with Gasteiger partial charge < -0.3 is 4.74 Å². The van der Waals surface area contributed by atoms with Crippen LogP contribution in [-0.4, -0.2) is 28.8 Å². The highest BCUT2D eigenvalue weighted by Crippen LogP contribution is 2.20. The van der Waals surface area contributed by atoms with E-state index in [1.165, 1.54) is 6.20 Å². The highest BCUT2D eigenvalue weighted by molar-refractivity contribution is 9.11. The Balaban J connectivity index is 2.57. The van der Waals surface area contributed by atoms with Gasteiger partial charge in [-0.15, -0.1) is 0 Å². The molecule has 10 heteroatoms. The van der Waals surface area contributed by atoms with E-state index in [0.29, 0.717) is 4.60 Å². The summed E-state index contributed by atoms with van der Waals surface area (Å²) in [6.45, 7) is -1.67. The van der Waals surface area contributed by atoms with E-state index in [1.54, 1.807) is 0 Å². The van der Waals surface area contributed by atoms with Gasteiger partial charge in [-0.25, -0.2) is 14.8 Å². The Morgan fingerprint density at radius 2 is 2.12 bits per heavy atom. The maximum absolute atomic E-state index is 11.7. The number of carbonyl (C=O) groups is 1. The minimum Gasteiger partial charge on any atom is -0.440 e. The molecular weight excluding hydrogens is 375 g/mol. The van der Waals surface area contributed by atoms with E-state index in [0.717, 1.165) is 0 Å². The van der Waals surface area contributed by atoms with Crippen LogP contribution in [0, 0.1) is 0 Å². The molecule has 1 amide bonds. The highest BCUT2D eigenvalue weighted by Gasteiger charge is 2.29. The fourth-order valence-corrected chi connectivity index (χ4v) is 1.62. The number of hydrogen-bond donors (Lipinski definition) is 1. The first-order valence-electron chi connectivity index (χ1n) is 3.96. The lowest BCUT2D eigenvalue weighted by atomic mass is 10.6. The summed E-state index contributed by atoms with van der Waals surface area (Å²) in [4.78, 5) is 18.5. The number of alkyl halides is 3. The van der Waals surface area contributed by atoms with Crippen molar-refractivity contribution in [2.75, 3.05) is 11.9 Å². The van der Waals surface area contributed by atoms with Crippen LogP contribution in [0.3, 0.4) is 0 Å². The summed E-state index contributed by atoms with van der Waals surface area (Å²) in [6, 6.07) is 0. The monoisotopic (exact) mass is 377 g/mol. The molecule has 0 aliphatic carbocycles. The SMILES string of the molecule is O=C(Nc1ncc(Br)nc1Br)OCC(F)(F)F. The zero-order valence-electron chi connectivity index (χ0n) is 7.89. The van der Waals surface area contributed by atoms with Gasteiger partial charge in [-0.05, 0) is 31.9 Å². The molecule has 1 N–H and O–H groups in total. The maximum atomic E-state index is 11.7. The van der Waals surface area contributed by atoms with Gasteiger partial charge in [0.25, 0.3) is 0 Å². The first-order valence-corrected chi connectivity index (χ1v) is 5.55. The lowest BCUT2D eigenvalue weighted by Crippen LogP contribution is -2.23. The van der Waals surface area contributed by atoms with Crippen LogP contribution in [-0.2, 0) is 4.74 Å². The number of nitrogens with one attached hydrogen (secondary N) is 1. The van der Waals surface area contributed by atoms with Gasteiger partial charge in [-0.3, -0.25) is 5.32 Å². The average molecular weight is 379 g/mol. The predicted molar refractivity (Wildman–Crippen MR) is 58.5 cm³/mol. The van der Waals surface area contributed by atoms with Crippen molar-refractivity contribution in [1.82, 2.24) is 9.97 Å². The van der Waals surface area contributed by atoms with Gasteiger partial charge in [0.1, 0.15) is 9.21 Å². The molecule has 0 spiro atoms. The molecule has 0 aromatic carbocycles. The van der Waals surface area contributed by atoms with Crippen LogP contribution in [0.4, 0.5) is 23.8 Å². The van der Waals surface area contributed by atoms with Crippen molar-refractivity contribution in [3.05, 3.63) is 15.4 Å². The Morgan fingerprint density at radius 3 is 2.65 bits per heavy atom. The molecule has 0 radical (unpaired) electrons. The van der Waals surface area contributed by atoms with Gasteiger partial charge >= 0.3 is 12.3 Å². The first kappa shape index (κ1) is 14.2. The van der Waals surface area contributed by atoms with Gasteiger partial charge in [0.15, 0.2) is 12.4 Å². The third kappa shape index (κ3) is 5.31. The second-order valence-corrected chi connectivity index (χ2v) is 4.21. The lowest BCUT2D eigenvalue weighted by molar-refractivity contribution is -0.159. The lowest BCUT2D eigenvalue weighted by Gasteiger charge is -2.09. The van der Waals surface area contributed by atoms with E-state index >= 15 is 0 Å². The van der Waals surface area contributed by atoms with Crippen molar-refractivity contribution in [2.24, 2.45) is 0 Å². The highest BCUT2D eigenvalue weighted by atomic mass is 79.9. The second kappa shape index (κ2) is 5.63. The summed E-state index contributed by atoms with van der Waals surface area (Å²) >= 11 is 5.99. The molecule has 0 saturated heterocycles. The van der Waals surface area contributed by atoms with Gasteiger partial charge in [0.05, 0.1) is 6.20 Å². The summed E-state index contributed by atoms with van der Waals surface area (Å²) in [6.07, 6.45) is -4.57. The van der Waals surface area contributed by atoms with Crippen LogP contribution in [0.1, 0.15) is 0 Å². The Bertz CT molecular complexity index is 427. The normalized spacial score (nSPS) is 11.1. The molecule has 0 unspecified atom stereocenters. The molecule has 1 aromatic heterocycles. The Morgan fingerprint density at radius 1 is 1.47 bits per heavy atom. The van der Waals surface area contributed by atoms with Crippen molar-refractivity contribution in [1.29, 1.82) is 0 Å². The molecule has 0 aliphatic rings. The van der Waals surface area contributed by atoms with Crippen LogP contribution in [0.5, 0.6) is 0 Å². The second-order valence-electron chi connectivity index (χ2n) is 2.65. The minimum atomic E-state index is -4.57. The molecule has 17 heavy (non-hydrogen) atoms. The van der Waals surface area contributed by atoms with E-state index in [4.69, 9.17) is 0 Å². The van der Waals surface area contributed by atoms with Crippen LogP contribution in [0.15, 0.2) is 15.4 Å². The Kier molecular flexibility index (Phi) is 4.69. The van der Waals surface area contributed by atoms with E-state index in [9.17, 15) is 18.0 Å². The molecule has 1 rings (SSSR count). The summed E-state index contributed by atoms with van der Waals surface area (Å²) in [5.41, 5.74) is 0. The van der Waals surface area contributed by atoms with Crippen molar-refractivity contribution >= 4 is 43.8 Å². The third-order valence-corrected chi connectivity index (χ3v) is 2.22. The van der Waals surface area contributed by atoms with E-state index in [-0.39, 0.29) is 10.4 Å². The third-order valence-electron chi connectivity index (χ3n) is 1.29. The smallest absolute Gasteiger partial charge is 0.422 e. The van der Waals surface area contributed by atoms with Gasteiger partial charge in [0.2, 0.25) is 0 Å². The fourth-order valence-electron chi connectivity index (χ4n) is 0.711. The zero-order valence-corrected chi connectivity index (χ0v) is 11.1. The number of ether oxygens (including phenoxy) is 1. The van der Waals surface area contributed by atoms with Crippen LogP contribution >= 0.6 is 31.9 Å². The van der Waals surface area contributed by atoms with E-state index in [2.05, 4.69) is 46.6 Å². The maximum Gasteiger partial charge on any atom is 0.422 e. The van der Waals surface area contributed by atoms with Gasteiger partial charge in [-0.2, -0.15) is 13.2 Å². The standard InChI is InChI=1S/C7H4Br2F3N3O2/c8-3-1-13-5(4(9)14-3)15-6(16)17-2-7(10,11)12/h1H,2H2,(H,13,15,16). The van der Waals surface area contributed by atoms with Crippen LogP contribution in [0.25, 0.3) is 0 Å². The van der Waals surface area contributed by atoms with Crippen LogP contribution in [0.2, 0.25) is 0 Å². The Hall–Kier alpha value is -0.900. The van der Waals surface area contributed by atoms with E-state index in [1.807, 2.05) is 5.32 Å². The number of rotatable bonds is 2. The zero-order chi connectivity index (χ0) is 13.1. The number of carbonyl (C=O) groups excluding carboxylic acids is 1. The number of hydrogen-bond acceptors (Lipinski definition) is 4. The number of aromatic nitrogens is 2. The largest absolute Gasteiger partial charge is 0.440 e. The molecule has 5 nitrogen and oxygen atoms in total. The fraction of sp³-hybridized carbons (Fsp3) is 0.286. The molecule has 0 saturated carbocycles. The molecule has 0 aliphatic heterocycles. The predicted octanol–water partition coefficient (Wildman–Crippen LogP) is 3.11. The van der Waals surface area contributed by atoms with Gasteiger partial charge in [0, 0.05) is 0 Å². The van der Waals surface area contributed by atoms with Gasteiger partial charge in [-0.1, -0.05) is 0 Å². The molecule has 94 valence electrons. The van der Waals surface area contributed by atoms with Crippen molar-refractivity contribution < 1.29 is 22.7 Å². The minimum absolute atomic E-state index is 0.0413. The average Bonchev–Trinajstić information content (AvgIpc) is 2.18. The number of amides is 1. The molecule has 0 bridgehead atoms.